The summed E-state index contributed by atoms with van der Waals surface area (Å²) in [5, 5.41) is 3.71. The summed E-state index contributed by atoms with van der Waals surface area (Å²) >= 11 is 0. The number of nitrogens with zero attached hydrogens (tertiary/aromatic N) is 1. The summed E-state index contributed by atoms with van der Waals surface area (Å²) in [6.45, 7) is 11.0. The second kappa shape index (κ2) is 8.40. The van der Waals surface area contributed by atoms with Gasteiger partial charge >= 0.3 is 0 Å². The SMILES string of the molecule is CCOc1ccc(C(C)NC(C)CN2CCCCC2)cc1. The highest BCUT2D eigenvalue weighted by molar-refractivity contribution is 5.28. The Labute approximate surface area is 129 Å². The van der Waals surface area contributed by atoms with Crippen LogP contribution < -0.4 is 10.1 Å². The van der Waals surface area contributed by atoms with Crippen molar-refractivity contribution in [3.63, 3.8) is 0 Å². The first-order valence-electron chi connectivity index (χ1n) is 8.40. The molecule has 3 nitrogen and oxygen atoms in total. The minimum absolute atomic E-state index is 0.375. The Hall–Kier alpha value is -1.06. The second-order valence-corrected chi connectivity index (χ2v) is 6.15. The van der Waals surface area contributed by atoms with E-state index in [2.05, 4.69) is 48.3 Å². The first-order valence-corrected chi connectivity index (χ1v) is 8.40. The van der Waals surface area contributed by atoms with Gasteiger partial charge in [0.2, 0.25) is 0 Å². The predicted octanol–water partition coefficient (Wildman–Crippen LogP) is 3.61. The molecule has 1 aliphatic rings. The van der Waals surface area contributed by atoms with Gasteiger partial charge in [-0.05, 0) is 64.4 Å². The molecule has 0 saturated carbocycles. The molecular weight excluding hydrogens is 260 g/mol. The van der Waals surface area contributed by atoms with Crippen molar-refractivity contribution in [2.75, 3.05) is 26.2 Å². The van der Waals surface area contributed by atoms with E-state index in [4.69, 9.17) is 4.74 Å². The van der Waals surface area contributed by atoms with Crippen LogP contribution >= 0.6 is 0 Å². The zero-order chi connectivity index (χ0) is 15.1. The second-order valence-electron chi connectivity index (χ2n) is 6.15. The molecule has 1 fully saturated rings. The Morgan fingerprint density at radius 1 is 1.10 bits per heavy atom. The fraction of sp³-hybridized carbons (Fsp3) is 0.667. The van der Waals surface area contributed by atoms with Crippen molar-refractivity contribution in [2.24, 2.45) is 0 Å². The fourth-order valence-electron chi connectivity index (χ4n) is 3.12. The summed E-state index contributed by atoms with van der Waals surface area (Å²) < 4.78 is 5.50. The van der Waals surface area contributed by atoms with Gasteiger partial charge in [-0.3, -0.25) is 0 Å². The van der Waals surface area contributed by atoms with Gasteiger partial charge in [0, 0.05) is 18.6 Å². The minimum atomic E-state index is 0.375. The summed E-state index contributed by atoms with van der Waals surface area (Å²) in [6.07, 6.45) is 4.13. The van der Waals surface area contributed by atoms with Gasteiger partial charge in [0.05, 0.1) is 6.61 Å². The molecule has 0 bridgehead atoms. The molecular formula is C18H30N2O. The average Bonchev–Trinajstić information content (AvgIpc) is 2.49. The highest BCUT2D eigenvalue weighted by atomic mass is 16.5. The topological polar surface area (TPSA) is 24.5 Å². The van der Waals surface area contributed by atoms with E-state index in [0.717, 1.165) is 18.9 Å². The van der Waals surface area contributed by atoms with Gasteiger partial charge in [-0.2, -0.15) is 0 Å². The largest absolute Gasteiger partial charge is 0.494 e. The van der Waals surface area contributed by atoms with E-state index in [1.165, 1.54) is 37.9 Å². The van der Waals surface area contributed by atoms with Gasteiger partial charge in [0.15, 0.2) is 0 Å². The van der Waals surface area contributed by atoms with E-state index in [1.807, 2.05) is 6.92 Å². The summed E-state index contributed by atoms with van der Waals surface area (Å²) in [7, 11) is 0. The number of likely N-dealkylation sites (tertiary alicyclic amines) is 1. The Morgan fingerprint density at radius 3 is 2.38 bits per heavy atom. The monoisotopic (exact) mass is 290 g/mol. The van der Waals surface area contributed by atoms with Crippen LogP contribution in [0.1, 0.15) is 51.6 Å². The van der Waals surface area contributed by atoms with Crippen molar-refractivity contribution in [1.29, 1.82) is 0 Å². The molecule has 0 radical (unpaired) electrons. The van der Waals surface area contributed by atoms with Crippen LogP contribution in [0.25, 0.3) is 0 Å². The molecule has 1 aromatic carbocycles. The van der Waals surface area contributed by atoms with Crippen molar-refractivity contribution in [3.05, 3.63) is 29.8 Å². The molecule has 2 rings (SSSR count). The Morgan fingerprint density at radius 2 is 1.76 bits per heavy atom. The molecule has 1 saturated heterocycles. The highest BCUT2D eigenvalue weighted by Gasteiger charge is 2.15. The number of rotatable bonds is 7. The van der Waals surface area contributed by atoms with Crippen LogP contribution in [0.3, 0.4) is 0 Å². The molecule has 118 valence electrons. The molecule has 1 N–H and O–H groups in total. The molecule has 1 aliphatic heterocycles. The lowest BCUT2D eigenvalue weighted by molar-refractivity contribution is 0.205. The van der Waals surface area contributed by atoms with Gasteiger partial charge in [-0.1, -0.05) is 18.6 Å². The third-order valence-electron chi connectivity index (χ3n) is 4.21. The third kappa shape index (κ3) is 5.33. The van der Waals surface area contributed by atoms with Crippen molar-refractivity contribution in [2.45, 2.75) is 52.1 Å². The number of hydrogen-bond acceptors (Lipinski definition) is 3. The van der Waals surface area contributed by atoms with Gasteiger partial charge in [0.25, 0.3) is 0 Å². The lowest BCUT2D eigenvalue weighted by Crippen LogP contribution is -2.42. The molecule has 0 aliphatic carbocycles. The number of benzene rings is 1. The Kier molecular flexibility index (Phi) is 6.52. The normalized spacial score (nSPS) is 19.2. The summed E-state index contributed by atoms with van der Waals surface area (Å²) in [5.74, 6) is 0.954. The van der Waals surface area contributed by atoms with Gasteiger partial charge in [-0.25, -0.2) is 0 Å². The van der Waals surface area contributed by atoms with Crippen LogP contribution in [-0.2, 0) is 0 Å². The highest BCUT2D eigenvalue weighted by Crippen LogP contribution is 2.18. The lowest BCUT2D eigenvalue weighted by atomic mass is 10.1. The fourth-order valence-corrected chi connectivity index (χ4v) is 3.12. The summed E-state index contributed by atoms with van der Waals surface area (Å²) in [5.41, 5.74) is 1.32. The molecule has 0 aromatic heterocycles. The van der Waals surface area contributed by atoms with Gasteiger partial charge in [-0.15, -0.1) is 0 Å². The van der Waals surface area contributed by atoms with Gasteiger partial charge < -0.3 is 15.0 Å². The zero-order valence-electron chi connectivity index (χ0n) is 13.8. The summed E-state index contributed by atoms with van der Waals surface area (Å²) in [6, 6.07) is 9.34. The van der Waals surface area contributed by atoms with Crippen LogP contribution in [0.2, 0.25) is 0 Å². The Bertz CT molecular complexity index is 398. The van der Waals surface area contributed by atoms with Crippen molar-refractivity contribution in [3.8, 4) is 5.75 Å². The van der Waals surface area contributed by atoms with E-state index in [-0.39, 0.29) is 0 Å². The first-order chi connectivity index (χ1) is 10.2. The number of nitrogens with one attached hydrogen (secondary N) is 1. The molecule has 0 amide bonds. The lowest BCUT2D eigenvalue weighted by Gasteiger charge is -2.30. The molecule has 2 unspecified atom stereocenters. The van der Waals surface area contributed by atoms with E-state index in [9.17, 15) is 0 Å². The Balaban J connectivity index is 1.80. The van der Waals surface area contributed by atoms with Crippen molar-refractivity contribution >= 4 is 0 Å². The third-order valence-corrected chi connectivity index (χ3v) is 4.21. The molecule has 0 spiro atoms. The molecule has 1 aromatic rings. The van der Waals surface area contributed by atoms with E-state index in [0.29, 0.717) is 12.1 Å². The minimum Gasteiger partial charge on any atom is -0.494 e. The van der Waals surface area contributed by atoms with Crippen LogP contribution in [0.5, 0.6) is 5.75 Å². The van der Waals surface area contributed by atoms with Crippen molar-refractivity contribution in [1.82, 2.24) is 10.2 Å². The quantitative estimate of drug-likeness (QED) is 0.830. The molecule has 21 heavy (non-hydrogen) atoms. The van der Waals surface area contributed by atoms with Crippen LogP contribution in [0.4, 0.5) is 0 Å². The number of piperidine rings is 1. The van der Waals surface area contributed by atoms with Crippen LogP contribution in [0, 0.1) is 0 Å². The van der Waals surface area contributed by atoms with E-state index >= 15 is 0 Å². The number of hydrogen-bond donors (Lipinski definition) is 1. The predicted molar refractivity (Wildman–Crippen MR) is 88.9 cm³/mol. The average molecular weight is 290 g/mol. The number of ether oxygens (including phenoxy) is 1. The maximum Gasteiger partial charge on any atom is 0.119 e. The molecule has 2 atom stereocenters. The van der Waals surface area contributed by atoms with E-state index in [1.54, 1.807) is 0 Å². The zero-order valence-corrected chi connectivity index (χ0v) is 13.8. The maximum absolute atomic E-state index is 5.50. The van der Waals surface area contributed by atoms with E-state index < -0.39 is 0 Å². The smallest absolute Gasteiger partial charge is 0.119 e. The standard InChI is InChI=1S/C18H30N2O/c1-4-21-18-10-8-17(9-11-18)16(3)19-15(2)14-20-12-6-5-7-13-20/h8-11,15-16,19H,4-7,12-14H2,1-3H3. The van der Waals surface area contributed by atoms with Crippen LogP contribution in [-0.4, -0.2) is 37.2 Å². The summed E-state index contributed by atoms with van der Waals surface area (Å²) in [4.78, 5) is 2.59. The van der Waals surface area contributed by atoms with Crippen LogP contribution in [0.15, 0.2) is 24.3 Å². The van der Waals surface area contributed by atoms with Crippen molar-refractivity contribution < 1.29 is 4.74 Å². The molecule has 1 heterocycles. The van der Waals surface area contributed by atoms with Gasteiger partial charge in [0.1, 0.15) is 5.75 Å². The molecule has 3 heteroatoms. The maximum atomic E-state index is 5.50. The first kappa shape index (κ1) is 16.3.